The highest BCUT2D eigenvalue weighted by atomic mass is 79.9. The van der Waals surface area contributed by atoms with Crippen molar-refractivity contribution in [2.75, 3.05) is 16.8 Å². The van der Waals surface area contributed by atoms with Crippen molar-refractivity contribution >= 4 is 50.7 Å². The first kappa shape index (κ1) is 17.0. The lowest BCUT2D eigenvalue weighted by Gasteiger charge is -2.18. The van der Waals surface area contributed by atoms with Gasteiger partial charge in [-0.1, -0.05) is 39.7 Å². The molecule has 1 fully saturated rings. The summed E-state index contributed by atoms with van der Waals surface area (Å²) in [7, 11) is 0. The SMILES string of the molecule is O=C(Cc1ccc(Br)cc1)Nc1ccc(N2CCCC2=O)c(Cl)c1. The van der Waals surface area contributed by atoms with Gasteiger partial charge in [0, 0.05) is 23.1 Å². The molecule has 1 N–H and O–H groups in total. The summed E-state index contributed by atoms with van der Waals surface area (Å²) in [5.41, 5.74) is 2.25. The monoisotopic (exact) mass is 406 g/mol. The number of amides is 2. The number of hydrogen-bond donors (Lipinski definition) is 1. The normalized spacial score (nSPS) is 14.1. The molecule has 1 aliphatic heterocycles. The number of benzene rings is 2. The molecule has 3 rings (SSSR count). The zero-order valence-corrected chi connectivity index (χ0v) is 15.2. The lowest BCUT2D eigenvalue weighted by molar-refractivity contribution is -0.117. The second-order valence-electron chi connectivity index (χ2n) is 5.67. The highest BCUT2D eigenvalue weighted by Gasteiger charge is 2.23. The van der Waals surface area contributed by atoms with Gasteiger partial charge in [0.15, 0.2) is 0 Å². The van der Waals surface area contributed by atoms with Gasteiger partial charge in [-0.15, -0.1) is 0 Å². The minimum absolute atomic E-state index is 0.0870. The highest BCUT2D eigenvalue weighted by Crippen LogP contribution is 2.31. The van der Waals surface area contributed by atoms with Gasteiger partial charge >= 0.3 is 0 Å². The number of hydrogen-bond acceptors (Lipinski definition) is 2. The Morgan fingerprint density at radius 1 is 1.21 bits per heavy atom. The van der Waals surface area contributed by atoms with E-state index in [0.717, 1.165) is 16.5 Å². The van der Waals surface area contributed by atoms with Crippen molar-refractivity contribution in [3.05, 3.63) is 57.5 Å². The molecule has 0 saturated carbocycles. The Bertz CT molecular complexity index is 777. The van der Waals surface area contributed by atoms with E-state index in [1.165, 1.54) is 0 Å². The number of carbonyl (C=O) groups is 2. The molecule has 6 heteroatoms. The van der Waals surface area contributed by atoms with Crippen molar-refractivity contribution in [1.29, 1.82) is 0 Å². The molecular formula is C18H16BrClN2O2. The first-order valence-corrected chi connectivity index (χ1v) is 8.84. The van der Waals surface area contributed by atoms with Gasteiger partial charge in [0.2, 0.25) is 11.8 Å². The molecule has 124 valence electrons. The summed E-state index contributed by atoms with van der Waals surface area (Å²) in [6.45, 7) is 0.688. The summed E-state index contributed by atoms with van der Waals surface area (Å²) in [5.74, 6) is -0.0256. The van der Waals surface area contributed by atoms with Gasteiger partial charge in [0.05, 0.1) is 17.1 Å². The summed E-state index contributed by atoms with van der Waals surface area (Å²) in [6.07, 6.45) is 1.69. The molecule has 2 amide bonds. The van der Waals surface area contributed by atoms with Crippen LogP contribution in [-0.2, 0) is 16.0 Å². The standard InChI is InChI=1S/C18H16BrClN2O2/c19-13-5-3-12(4-6-13)10-17(23)21-14-7-8-16(15(20)11-14)22-9-1-2-18(22)24/h3-8,11H,1-2,9-10H2,(H,21,23). The molecule has 4 nitrogen and oxygen atoms in total. The summed E-state index contributed by atoms with van der Waals surface area (Å²) >= 11 is 9.65. The van der Waals surface area contributed by atoms with E-state index in [9.17, 15) is 9.59 Å². The predicted octanol–water partition coefficient (Wildman–Crippen LogP) is 4.41. The van der Waals surface area contributed by atoms with Crippen LogP contribution in [0.25, 0.3) is 0 Å². The number of carbonyl (C=O) groups excluding carboxylic acids is 2. The molecule has 1 heterocycles. The van der Waals surface area contributed by atoms with Crippen LogP contribution in [0, 0.1) is 0 Å². The zero-order valence-electron chi connectivity index (χ0n) is 12.9. The number of nitrogens with zero attached hydrogens (tertiary/aromatic N) is 1. The van der Waals surface area contributed by atoms with Crippen molar-refractivity contribution in [2.45, 2.75) is 19.3 Å². The maximum absolute atomic E-state index is 12.1. The molecule has 2 aromatic rings. The molecule has 0 aliphatic carbocycles. The van der Waals surface area contributed by atoms with Gasteiger partial charge < -0.3 is 10.2 Å². The third kappa shape index (κ3) is 3.97. The van der Waals surface area contributed by atoms with Gasteiger partial charge in [-0.3, -0.25) is 9.59 Å². The Labute approximate surface area is 153 Å². The maximum atomic E-state index is 12.1. The topological polar surface area (TPSA) is 49.4 Å². The molecule has 0 spiro atoms. The first-order valence-electron chi connectivity index (χ1n) is 7.67. The van der Waals surface area contributed by atoms with Crippen molar-refractivity contribution in [3.8, 4) is 0 Å². The van der Waals surface area contributed by atoms with Gasteiger partial charge in [-0.05, 0) is 42.3 Å². The quantitative estimate of drug-likeness (QED) is 0.816. The van der Waals surface area contributed by atoms with Crippen LogP contribution in [0.2, 0.25) is 5.02 Å². The fourth-order valence-electron chi connectivity index (χ4n) is 2.70. The van der Waals surface area contributed by atoms with Crippen molar-refractivity contribution in [1.82, 2.24) is 0 Å². The lowest BCUT2D eigenvalue weighted by Crippen LogP contribution is -2.24. The zero-order chi connectivity index (χ0) is 17.1. The molecule has 0 atom stereocenters. The largest absolute Gasteiger partial charge is 0.326 e. The molecular weight excluding hydrogens is 392 g/mol. The molecule has 24 heavy (non-hydrogen) atoms. The summed E-state index contributed by atoms with van der Waals surface area (Å²) in [5, 5.41) is 3.30. The number of rotatable bonds is 4. The number of halogens is 2. The molecule has 0 aromatic heterocycles. The van der Waals surface area contributed by atoms with Crippen LogP contribution >= 0.6 is 27.5 Å². The fourth-order valence-corrected chi connectivity index (χ4v) is 3.25. The smallest absolute Gasteiger partial charge is 0.228 e. The van der Waals surface area contributed by atoms with E-state index in [0.29, 0.717) is 29.4 Å². The number of nitrogens with one attached hydrogen (secondary N) is 1. The highest BCUT2D eigenvalue weighted by molar-refractivity contribution is 9.10. The van der Waals surface area contributed by atoms with Gasteiger partial charge in [-0.2, -0.15) is 0 Å². The molecule has 0 radical (unpaired) electrons. The molecule has 0 bridgehead atoms. The van der Waals surface area contributed by atoms with Crippen LogP contribution in [0.3, 0.4) is 0 Å². The van der Waals surface area contributed by atoms with E-state index in [1.54, 1.807) is 23.1 Å². The van der Waals surface area contributed by atoms with E-state index in [2.05, 4.69) is 21.2 Å². The Morgan fingerprint density at radius 3 is 2.58 bits per heavy atom. The third-order valence-electron chi connectivity index (χ3n) is 3.87. The van der Waals surface area contributed by atoms with E-state index in [1.807, 2.05) is 24.3 Å². The second-order valence-corrected chi connectivity index (χ2v) is 6.99. The van der Waals surface area contributed by atoms with Crippen LogP contribution in [0.4, 0.5) is 11.4 Å². The predicted molar refractivity (Wildman–Crippen MR) is 99.5 cm³/mol. The van der Waals surface area contributed by atoms with E-state index >= 15 is 0 Å². The average Bonchev–Trinajstić information content (AvgIpc) is 2.96. The van der Waals surface area contributed by atoms with Crippen LogP contribution in [0.1, 0.15) is 18.4 Å². The Morgan fingerprint density at radius 2 is 1.96 bits per heavy atom. The second kappa shape index (κ2) is 7.36. The van der Waals surface area contributed by atoms with Crippen LogP contribution < -0.4 is 10.2 Å². The molecule has 1 aliphatic rings. The van der Waals surface area contributed by atoms with Gasteiger partial charge in [0.1, 0.15) is 0 Å². The van der Waals surface area contributed by atoms with Crippen LogP contribution in [0.15, 0.2) is 46.9 Å². The van der Waals surface area contributed by atoms with E-state index < -0.39 is 0 Å². The minimum Gasteiger partial charge on any atom is -0.326 e. The van der Waals surface area contributed by atoms with Crippen molar-refractivity contribution < 1.29 is 9.59 Å². The maximum Gasteiger partial charge on any atom is 0.228 e. The van der Waals surface area contributed by atoms with Gasteiger partial charge in [0.25, 0.3) is 0 Å². The van der Waals surface area contributed by atoms with E-state index in [4.69, 9.17) is 11.6 Å². The molecule has 2 aromatic carbocycles. The Kier molecular flexibility index (Phi) is 5.21. The summed E-state index contributed by atoms with van der Waals surface area (Å²) < 4.78 is 0.977. The Hall–Kier alpha value is -1.85. The summed E-state index contributed by atoms with van der Waals surface area (Å²) in [4.78, 5) is 25.6. The third-order valence-corrected chi connectivity index (χ3v) is 4.70. The van der Waals surface area contributed by atoms with Crippen molar-refractivity contribution in [3.63, 3.8) is 0 Å². The van der Waals surface area contributed by atoms with Crippen LogP contribution in [-0.4, -0.2) is 18.4 Å². The summed E-state index contributed by atoms with van der Waals surface area (Å²) in [6, 6.07) is 12.8. The molecule has 0 unspecified atom stereocenters. The first-order chi connectivity index (χ1) is 11.5. The number of anilines is 2. The average molecular weight is 408 g/mol. The van der Waals surface area contributed by atoms with E-state index in [-0.39, 0.29) is 18.2 Å². The fraction of sp³-hybridized carbons (Fsp3) is 0.222. The minimum atomic E-state index is -0.113. The Balaban J connectivity index is 1.67. The lowest BCUT2D eigenvalue weighted by atomic mass is 10.1. The van der Waals surface area contributed by atoms with Crippen LogP contribution in [0.5, 0.6) is 0 Å². The van der Waals surface area contributed by atoms with Crippen molar-refractivity contribution in [2.24, 2.45) is 0 Å². The van der Waals surface area contributed by atoms with Gasteiger partial charge in [-0.25, -0.2) is 0 Å². The molecule has 1 saturated heterocycles.